The lowest BCUT2D eigenvalue weighted by Crippen LogP contribution is -2.30. The summed E-state index contributed by atoms with van der Waals surface area (Å²) in [5, 5.41) is 1.38. The highest BCUT2D eigenvalue weighted by atomic mass is 35.5. The second kappa shape index (κ2) is 9.44. The van der Waals surface area contributed by atoms with Gasteiger partial charge in [-0.3, -0.25) is 9.69 Å². The number of fused-ring (bicyclic) bond motifs is 1. The van der Waals surface area contributed by atoms with E-state index in [1.165, 1.54) is 16.2 Å². The number of benzene rings is 3. The van der Waals surface area contributed by atoms with E-state index in [4.69, 9.17) is 16.6 Å². The third-order valence-electron chi connectivity index (χ3n) is 4.38. The molecular formula is C23H19ClN2OS2. The molecule has 3 nitrogen and oxygen atoms in total. The van der Waals surface area contributed by atoms with Gasteiger partial charge in [0.05, 0.1) is 16.8 Å². The van der Waals surface area contributed by atoms with Crippen LogP contribution in [0.5, 0.6) is 0 Å². The van der Waals surface area contributed by atoms with Crippen molar-refractivity contribution < 1.29 is 4.79 Å². The van der Waals surface area contributed by atoms with E-state index in [1.807, 2.05) is 66.7 Å². The van der Waals surface area contributed by atoms with Crippen molar-refractivity contribution >= 4 is 56.0 Å². The molecule has 0 unspecified atom stereocenters. The smallest absolute Gasteiger partial charge is 0.229 e. The van der Waals surface area contributed by atoms with Crippen molar-refractivity contribution in [3.8, 4) is 0 Å². The average molecular weight is 439 g/mol. The summed E-state index contributed by atoms with van der Waals surface area (Å²) in [6.07, 6.45) is 0.447. The van der Waals surface area contributed by atoms with E-state index in [0.29, 0.717) is 23.1 Å². The quantitative estimate of drug-likeness (QED) is 0.302. The van der Waals surface area contributed by atoms with E-state index >= 15 is 0 Å². The van der Waals surface area contributed by atoms with Gasteiger partial charge in [-0.15, -0.1) is 11.8 Å². The van der Waals surface area contributed by atoms with E-state index in [9.17, 15) is 4.79 Å². The fourth-order valence-electron chi connectivity index (χ4n) is 2.94. The first-order valence-electron chi connectivity index (χ1n) is 9.27. The van der Waals surface area contributed by atoms with Crippen LogP contribution in [0.2, 0.25) is 5.02 Å². The molecule has 1 heterocycles. The predicted octanol–water partition coefficient (Wildman–Crippen LogP) is 6.67. The molecular weight excluding hydrogens is 420 g/mol. The van der Waals surface area contributed by atoms with Crippen LogP contribution in [0, 0.1) is 0 Å². The number of amides is 1. The van der Waals surface area contributed by atoms with Crippen LogP contribution < -0.4 is 4.90 Å². The molecule has 29 heavy (non-hydrogen) atoms. The number of rotatable bonds is 7. The maximum atomic E-state index is 13.1. The van der Waals surface area contributed by atoms with Crippen molar-refractivity contribution in [3.05, 3.63) is 89.4 Å². The first kappa shape index (κ1) is 20.0. The van der Waals surface area contributed by atoms with Crippen molar-refractivity contribution in [3.63, 3.8) is 0 Å². The Labute approximate surface area is 183 Å². The summed E-state index contributed by atoms with van der Waals surface area (Å²) in [6.45, 7) is 0.503. The number of anilines is 1. The average Bonchev–Trinajstić information content (AvgIpc) is 3.16. The largest absolute Gasteiger partial charge is 0.284 e. The summed E-state index contributed by atoms with van der Waals surface area (Å²) < 4.78 is 0.983. The van der Waals surface area contributed by atoms with E-state index in [2.05, 4.69) is 12.1 Å². The zero-order valence-corrected chi connectivity index (χ0v) is 18.0. The molecule has 0 spiro atoms. The fraction of sp³-hybridized carbons (Fsp3) is 0.130. The van der Waals surface area contributed by atoms with Crippen molar-refractivity contribution in [2.75, 3.05) is 10.7 Å². The lowest BCUT2D eigenvalue weighted by Gasteiger charge is -2.20. The molecule has 3 aromatic carbocycles. The van der Waals surface area contributed by atoms with Gasteiger partial charge in [-0.2, -0.15) is 0 Å². The van der Waals surface area contributed by atoms with Gasteiger partial charge in [0.15, 0.2) is 5.13 Å². The number of thiazole rings is 1. The summed E-state index contributed by atoms with van der Waals surface area (Å²) in [7, 11) is 0. The van der Waals surface area contributed by atoms with E-state index in [1.54, 1.807) is 16.7 Å². The molecule has 1 amide bonds. The molecule has 0 atom stereocenters. The Morgan fingerprint density at radius 1 is 1.00 bits per heavy atom. The molecule has 0 aliphatic heterocycles. The molecule has 1 aromatic heterocycles. The highest BCUT2D eigenvalue weighted by Gasteiger charge is 2.20. The first-order valence-corrected chi connectivity index (χ1v) is 11.5. The molecule has 0 aliphatic carbocycles. The number of nitrogens with zero attached hydrogens (tertiary/aromatic N) is 2. The van der Waals surface area contributed by atoms with Gasteiger partial charge in [-0.05, 0) is 35.9 Å². The van der Waals surface area contributed by atoms with Crippen LogP contribution in [0.4, 0.5) is 5.13 Å². The number of carbonyl (C=O) groups excluding carboxylic acids is 1. The van der Waals surface area contributed by atoms with Crippen LogP contribution in [0.25, 0.3) is 10.2 Å². The van der Waals surface area contributed by atoms with Crippen LogP contribution in [0.15, 0.2) is 83.8 Å². The maximum Gasteiger partial charge on any atom is 0.229 e. The monoisotopic (exact) mass is 438 g/mol. The van der Waals surface area contributed by atoms with Gasteiger partial charge in [-0.1, -0.05) is 71.5 Å². The fourth-order valence-corrected chi connectivity index (χ4v) is 5.06. The van der Waals surface area contributed by atoms with Crippen molar-refractivity contribution in [2.45, 2.75) is 17.9 Å². The third-order valence-corrected chi connectivity index (χ3v) is 6.67. The van der Waals surface area contributed by atoms with Gasteiger partial charge >= 0.3 is 0 Å². The Kier molecular flexibility index (Phi) is 6.49. The molecule has 0 fully saturated rings. The Hall–Kier alpha value is -2.34. The summed E-state index contributed by atoms with van der Waals surface area (Å²) in [4.78, 5) is 20.8. The summed E-state index contributed by atoms with van der Waals surface area (Å²) in [6, 6.07) is 25.8. The van der Waals surface area contributed by atoms with Crippen molar-refractivity contribution in [2.24, 2.45) is 0 Å². The Morgan fingerprint density at radius 2 is 1.72 bits per heavy atom. The van der Waals surface area contributed by atoms with Crippen molar-refractivity contribution in [1.29, 1.82) is 0 Å². The molecule has 6 heteroatoms. The Balaban J connectivity index is 1.54. The van der Waals surface area contributed by atoms with Crippen LogP contribution >= 0.6 is 34.7 Å². The molecule has 4 rings (SSSR count). The second-order valence-corrected chi connectivity index (χ2v) is 9.10. The van der Waals surface area contributed by atoms with Crippen molar-refractivity contribution in [1.82, 2.24) is 4.98 Å². The number of hydrogen-bond acceptors (Lipinski definition) is 4. The number of halogens is 1. The number of aromatic nitrogens is 1. The van der Waals surface area contributed by atoms with Gasteiger partial charge in [-0.25, -0.2) is 4.98 Å². The van der Waals surface area contributed by atoms with E-state index < -0.39 is 0 Å². The first-order chi connectivity index (χ1) is 14.2. The lowest BCUT2D eigenvalue weighted by atomic mass is 10.2. The normalized spacial score (nSPS) is 10.9. The highest BCUT2D eigenvalue weighted by Crippen LogP contribution is 2.32. The zero-order valence-electron chi connectivity index (χ0n) is 15.6. The minimum Gasteiger partial charge on any atom is -0.284 e. The second-order valence-electron chi connectivity index (χ2n) is 6.49. The van der Waals surface area contributed by atoms with Crippen LogP contribution in [-0.2, 0) is 11.3 Å². The topological polar surface area (TPSA) is 33.2 Å². The van der Waals surface area contributed by atoms with Gasteiger partial charge in [0, 0.05) is 22.1 Å². The lowest BCUT2D eigenvalue weighted by molar-refractivity contribution is -0.118. The van der Waals surface area contributed by atoms with Gasteiger partial charge in [0.25, 0.3) is 0 Å². The SMILES string of the molecule is O=C(CCSc1ccccc1)N(Cc1ccccc1)c1nc2ccc(Cl)cc2s1. The number of hydrogen-bond donors (Lipinski definition) is 0. The minimum absolute atomic E-state index is 0.0717. The molecule has 146 valence electrons. The maximum absolute atomic E-state index is 13.1. The highest BCUT2D eigenvalue weighted by molar-refractivity contribution is 7.99. The summed E-state index contributed by atoms with van der Waals surface area (Å²) in [5.74, 6) is 0.799. The van der Waals surface area contributed by atoms with E-state index in [-0.39, 0.29) is 5.91 Å². The number of thioether (sulfide) groups is 1. The summed E-state index contributed by atoms with van der Waals surface area (Å²) >= 11 is 9.31. The van der Waals surface area contributed by atoms with Crippen LogP contribution in [-0.4, -0.2) is 16.6 Å². The third kappa shape index (κ3) is 5.18. The molecule has 0 radical (unpaired) electrons. The number of carbonyl (C=O) groups is 1. The molecule has 4 aromatic rings. The van der Waals surface area contributed by atoms with Crippen LogP contribution in [0.3, 0.4) is 0 Å². The Bertz CT molecular complexity index is 1100. The Morgan fingerprint density at radius 3 is 2.48 bits per heavy atom. The standard InChI is InChI=1S/C23H19ClN2OS2/c24-18-11-12-20-21(15-18)29-23(25-20)26(16-17-7-3-1-4-8-17)22(27)13-14-28-19-9-5-2-6-10-19/h1-12,15H,13-14,16H2. The molecule has 0 bridgehead atoms. The predicted molar refractivity (Wildman–Crippen MR) is 124 cm³/mol. The molecule has 0 saturated heterocycles. The molecule has 0 saturated carbocycles. The van der Waals surface area contributed by atoms with E-state index in [0.717, 1.165) is 21.5 Å². The zero-order chi connectivity index (χ0) is 20.1. The molecule has 0 N–H and O–H groups in total. The van der Waals surface area contributed by atoms with Gasteiger partial charge < -0.3 is 0 Å². The molecule has 0 aliphatic rings. The minimum atomic E-state index is 0.0717. The van der Waals surface area contributed by atoms with Crippen LogP contribution in [0.1, 0.15) is 12.0 Å². The summed E-state index contributed by atoms with van der Waals surface area (Å²) in [5.41, 5.74) is 1.94. The van der Waals surface area contributed by atoms with Gasteiger partial charge in [0.2, 0.25) is 5.91 Å². The van der Waals surface area contributed by atoms with Gasteiger partial charge in [0.1, 0.15) is 0 Å².